The van der Waals surface area contributed by atoms with Gasteiger partial charge in [0.15, 0.2) is 18.7 Å². The summed E-state index contributed by atoms with van der Waals surface area (Å²) in [6.07, 6.45) is 5.59. The summed E-state index contributed by atoms with van der Waals surface area (Å²) in [5, 5.41) is 7.78. The molecule has 0 atom stereocenters. The van der Waals surface area contributed by atoms with Crippen LogP contribution >= 0.6 is 0 Å². The number of aryl methyl sites for hydroxylation is 4. The molecule has 0 radical (unpaired) electrons. The van der Waals surface area contributed by atoms with E-state index in [1.54, 1.807) is 12.1 Å². The lowest BCUT2D eigenvalue weighted by atomic mass is 9.99. The minimum absolute atomic E-state index is 0.137. The molecular weight excluding hydrogens is 801 g/mol. The van der Waals surface area contributed by atoms with Gasteiger partial charge in [-0.05, 0) is 116 Å². The molecule has 330 valence electrons. The Morgan fingerprint density at radius 3 is 2.11 bits per heavy atom. The molecule has 0 bridgehead atoms. The van der Waals surface area contributed by atoms with E-state index in [-0.39, 0.29) is 18.4 Å². The summed E-state index contributed by atoms with van der Waals surface area (Å²) in [6, 6.07) is 26.7. The van der Waals surface area contributed by atoms with E-state index in [1.165, 1.54) is 11.6 Å². The number of carbonyl (C=O) groups excluding carboxylic acids is 3. The van der Waals surface area contributed by atoms with Crippen LogP contribution in [0.1, 0.15) is 61.4 Å². The van der Waals surface area contributed by atoms with Crippen LogP contribution in [0.15, 0.2) is 91.1 Å². The van der Waals surface area contributed by atoms with Gasteiger partial charge in [-0.15, -0.1) is 0 Å². The molecule has 2 amide bonds. The Morgan fingerprint density at radius 1 is 0.698 bits per heavy atom. The van der Waals surface area contributed by atoms with Gasteiger partial charge in [-0.25, -0.2) is 4.98 Å². The van der Waals surface area contributed by atoms with Crippen molar-refractivity contribution in [3.8, 4) is 11.5 Å². The van der Waals surface area contributed by atoms with Gasteiger partial charge < -0.3 is 45.8 Å². The molecule has 6 rings (SSSR count). The molecule has 0 aliphatic heterocycles. The third-order valence-corrected chi connectivity index (χ3v) is 10.3. The van der Waals surface area contributed by atoms with Crippen LogP contribution in [0.2, 0.25) is 0 Å². The zero-order valence-corrected chi connectivity index (χ0v) is 36.0. The first kappa shape index (κ1) is 45.9. The lowest BCUT2D eigenvalue weighted by Gasteiger charge is -2.12. The second-order valence-corrected chi connectivity index (χ2v) is 15.2. The maximum atomic E-state index is 12.7. The van der Waals surface area contributed by atoms with E-state index in [2.05, 4.69) is 63.9 Å². The number of anilines is 2. The van der Waals surface area contributed by atoms with Gasteiger partial charge in [0.25, 0.3) is 11.8 Å². The number of nitrogens with zero attached hydrogens (tertiary/aromatic N) is 2. The van der Waals surface area contributed by atoms with Crippen LogP contribution in [0.5, 0.6) is 11.5 Å². The molecule has 6 N–H and O–H groups in total. The average molecular weight is 857 g/mol. The largest absolute Gasteiger partial charge is 0.489 e. The van der Waals surface area contributed by atoms with Gasteiger partial charge in [0.1, 0.15) is 23.6 Å². The molecule has 2 heterocycles. The van der Waals surface area contributed by atoms with Crippen LogP contribution in [0, 0.1) is 13.8 Å². The van der Waals surface area contributed by atoms with Crippen molar-refractivity contribution in [3.05, 3.63) is 130 Å². The number of benzene rings is 4. The topological polar surface area (TPSA) is 199 Å². The van der Waals surface area contributed by atoms with Crippen LogP contribution < -0.4 is 31.6 Å². The quantitative estimate of drug-likeness (QED) is 0.0211. The van der Waals surface area contributed by atoms with Crippen LogP contribution in [0.25, 0.3) is 21.8 Å². The highest BCUT2D eigenvalue weighted by Crippen LogP contribution is 2.29. The zero-order chi connectivity index (χ0) is 44.4. The second kappa shape index (κ2) is 23.6. The molecule has 2 aromatic heterocycles. The molecule has 14 nitrogen and oxygen atoms in total. The lowest BCUT2D eigenvalue weighted by molar-refractivity contribution is -0.123. The van der Waals surface area contributed by atoms with Crippen molar-refractivity contribution in [2.45, 2.75) is 46.1 Å². The number of fused-ring (bicyclic) bond motifs is 3. The molecule has 4 aromatic carbocycles. The van der Waals surface area contributed by atoms with Gasteiger partial charge in [0.2, 0.25) is 0 Å². The molecule has 6 aromatic rings. The third kappa shape index (κ3) is 13.9. The number of nitrogens with one attached hydrogen (secondary N) is 2. The molecule has 0 fully saturated rings. The van der Waals surface area contributed by atoms with Crippen molar-refractivity contribution in [1.82, 2.24) is 20.6 Å². The SMILES string of the molecule is Cc1ccc2c(c1)nc(N)c1ncc(CCc3ccc(OCc4ccc(C(=O)NCCCOCCOCCOCCCNC(=O)COc5ccc(C=O)c(N)c5)cc4)cc3C)cc12. The van der Waals surface area contributed by atoms with Crippen molar-refractivity contribution < 1.29 is 38.1 Å². The molecule has 14 heteroatoms. The summed E-state index contributed by atoms with van der Waals surface area (Å²) in [5.74, 6) is 1.26. The molecular formula is C49H56N6O8. The number of amides is 2. The summed E-state index contributed by atoms with van der Waals surface area (Å²) in [5.41, 5.74) is 20.5. The van der Waals surface area contributed by atoms with Crippen LogP contribution in [0.4, 0.5) is 11.5 Å². The molecule has 0 spiro atoms. The Balaban J connectivity index is 0.772. The smallest absolute Gasteiger partial charge is 0.257 e. The highest BCUT2D eigenvalue weighted by molar-refractivity contribution is 6.08. The van der Waals surface area contributed by atoms with Gasteiger partial charge in [0, 0.05) is 66.2 Å². The Labute approximate surface area is 367 Å². The number of pyridine rings is 2. The lowest BCUT2D eigenvalue weighted by Crippen LogP contribution is -2.30. The van der Waals surface area contributed by atoms with E-state index in [1.807, 2.05) is 43.5 Å². The molecule has 0 saturated heterocycles. The van der Waals surface area contributed by atoms with Crippen LogP contribution in [-0.4, -0.2) is 87.4 Å². The number of ether oxygens (including phenoxy) is 5. The fourth-order valence-electron chi connectivity index (χ4n) is 6.81. The van der Waals surface area contributed by atoms with Crippen molar-refractivity contribution in [3.63, 3.8) is 0 Å². The van der Waals surface area contributed by atoms with E-state index in [0.717, 1.165) is 62.7 Å². The van der Waals surface area contributed by atoms with E-state index >= 15 is 0 Å². The fourth-order valence-corrected chi connectivity index (χ4v) is 6.81. The Kier molecular flexibility index (Phi) is 17.2. The monoisotopic (exact) mass is 856 g/mol. The van der Waals surface area contributed by atoms with Gasteiger partial charge in [-0.2, -0.15) is 0 Å². The first-order valence-electron chi connectivity index (χ1n) is 21.2. The zero-order valence-electron chi connectivity index (χ0n) is 36.0. The highest BCUT2D eigenvalue weighted by atomic mass is 16.5. The van der Waals surface area contributed by atoms with Crippen LogP contribution in [-0.2, 0) is 38.5 Å². The summed E-state index contributed by atoms with van der Waals surface area (Å²) in [6.45, 7) is 8.07. The van der Waals surface area contributed by atoms with Crippen molar-refractivity contribution >= 4 is 51.4 Å². The number of nitrogen functional groups attached to an aromatic ring is 2. The fraction of sp³-hybridized carbons (Fsp3) is 0.327. The second-order valence-electron chi connectivity index (χ2n) is 15.2. The first-order chi connectivity index (χ1) is 30.7. The number of rotatable bonds is 25. The predicted octanol–water partition coefficient (Wildman–Crippen LogP) is 6.50. The van der Waals surface area contributed by atoms with E-state index in [9.17, 15) is 14.4 Å². The minimum Gasteiger partial charge on any atom is -0.489 e. The Bertz CT molecular complexity index is 2480. The molecule has 0 unspecified atom stereocenters. The predicted molar refractivity (Wildman–Crippen MR) is 244 cm³/mol. The number of aromatic nitrogens is 2. The van der Waals surface area contributed by atoms with Crippen molar-refractivity contribution in [2.75, 3.05) is 70.8 Å². The summed E-state index contributed by atoms with van der Waals surface area (Å²) in [4.78, 5) is 44.7. The highest BCUT2D eigenvalue weighted by Gasteiger charge is 2.11. The number of carbonyl (C=O) groups is 3. The molecule has 0 aliphatic carbocycles. The minimum atomic E-state index is -0.265. The van der Waals surface area contributed by atoms with Gasteiger partial charge in [-0.3, -0.25) is 19.4 Å². The van der Waals surface area contributed by atoms with Crippen LogP contribution in [0.3, 0.4) is 0 Å². The number of aldehydes is 1. The molecule has 0 saturated carbocycles. The van der Waals surface area contributed by atoms with E-state index in [4.69, 9.17) is 35.2 Å². The Hall–Kier alpha value is -6.61. The maximum Gasteiger partial charge on any atom is 0.257 e. The summed E-state index contributed by atoms with van der Waals surface area (Å²) < 4.78 is 28.2. The molecule has 0 aliphatic rings. The van der Waals surface area contributed by atoms with Gasteiger partial charge in [-0.1, -0.05) is 30.3 Å². The Morgan fingerprint density at radius 2 is 1.40 bits per heavy atom. The number of hydrogen-bond donors (Lipinski definition) is 4. The van der Waals surface area contributed by atoms with Gasteiger partial charge in [0.05, 0.1) is 31.9 Å². The number of hydrogen-bond acceptors (Lipinski definition) is 12. The average Bonchev–Trinajstić information content (AvgIpc) is 3.28. The van der Waals surface area contributed by atoms with Gasteiger partial charge >= 0.3 is 0 Å². The maximum absolute atomic E-state index is 12.7. The van der Waals surface area contributed by atoms with Crippen molar-refractivity contribution in [2.24, 2.45) is 0 Å². The van der Waals surface area contributed by atoms with E-state index < -0.39 is 0 Å². The molecule has 63 heavy (non-hydrogen) atoms. The third-order valence-electron chi connectivity index (χ3n) is 10.3. The normalized spacial score (nSPS) is 11.1. The summed E-state index contributed by atoms with van der Waals surface area (Å²) in [7, 11) is 0. The number of nitrogens with two attached hydrogens (primary N) is 2. The first-order valence-corrected chi connectivity index (χ1v) is 21.2. The summed E-state index contributed by atoms with van der Waals surface area (Å²) >= 11 is 0. The van der Waals surface area contributed by atoms with Crippen molar-refractivity contribution in [1.29, 1.82) is 0 Å². The standard InChI is InChI=1S/C49H56N6O8/c1-33-5-16-42-43-27-36(29-54-47(43)48(51)55-45(42)25-33)8-9-37-12-14-40(26-34(37)2)62-31-35-6-10-38(11-7-35)49(58)53-18-4-20-60-22-24-61-23-21-59-19-3-17-52-46(57)32-63-41-15-13-39(30-56)44(50)28-41/h5-7,10-16,25-30H,3-4,8-9,17-24,31-32,50H2,1-2H3,(H2,51,55)(H,52,57)(H,53,58). The van der Waals surface area contributed by atoms with E-state index in [0.29, 0.717) is 107 Å².